The number of carbonyl (C=O) groups is 1. The Morgan fingerprint density at radius 1 is 1.44 bits per heavy atom. The van der Waals surface area contributed by atoms with E-state index in [1.807, 2.05) is 0 Å². The summed E-state index contributed by atoms with van der Waals surface area (Å²) in [5, 5.41) is 8.75. The third kappa shape index (κ3) is 3.25. The Morgan fingerprint density at radius 2 is 2.06 bits per heavy atom. The van der Waals surface area contributed by atoms with Crippen LogP contribution in [0.1, 0.15) is 5.56 Å². The summed E-state index contributed by atoms with van der Waals surface area (Å²) in [5.74, 6) is -2.68. The summed E-state index contributed by atoms with van der Waals surface area (Å²) < 4.78 is 31.2. The second-order valence-corrected chi connectivity index (χ2v) is 3.19. The van der Waals surface area contributed by atoms with Gasteiger partial charge in [-0.15, -0.1) is 0 Å². The van der Waals surface area contributed by atoms with Gasteiger partial charge in [-0.1, -0.05) is 18.7 Å². The summed E-state index contributed by atoms with van der Waals surface area (Å²) in [6, 6.07) is 4.77. The smallest absolute Gasteiger partial charge is 0.349 e. The van der Waals surface area contributed by atoms with E-state index in [1.165, 1.54) is 18.2 Å². The first kappa shape index (κ1) is 13.6. The lowest BCUT2D eigenvalue weighted by Gasteiger charge is -2.02. The average Bonchev–Trinajstić information content (AvgIpc) is 2.35. The van der Waals surface area contributed by atoms with Crippen LogP contribution in [0, 0.1) is 23.0 Å². The maximum absolute atomic E-state index is 13.3. The molecule has 0 spiro atoms. The van der Waals surface area contributed by atoms with Crippen LogP contribution >= 0.6 is 0 Å². The average molecular weight is 249 g/mol. The number of hydrogen-bond donors (Lipinski definition) is 0. The molecule has 1 aromatic rings. The maximum atomic E-state index is 13.3. The Labute approximate surface area is 103 Å². The van der Waals surface area contributed by atoms with Crippen molar-refractivity contribution in [3.05, 3.63) is 53.6 Å². The maximum Gasteiger partial charge on any atom is 0.349 e. The molecule has 0 aliphatic rings. The van der Waals surface area contributed by atoms with Crippen molar-refractivity contribution in [2.45, 2.75) is 0 Å². The lowest BCUT2D eigenvalue weighted by atomic mass is 10.1. The highest BCUT2D eigenvalue weighted by Gasteiger charge is 2.13. The fourth-order valence-electron chi connectivity index (χ4n) is 1.14. The highest BCUT2D eigenvalue weighted by molar-refractivity contribution is 5.97. The molecular formula is C13H9F2NO2. The molecule has 0 amide bonds. The fraction of sp³-hybridized carbons (Fsp3) is 0.0769. The number of benzene rings is 1. The van der Waals surface area contributed by atoms with E-state index in [9.17, 15) is 13.6 Å². The fourth-order valence-corrected chi connectivity index (χ4v) is 1.14. The van der Waals surface area contributed by atoms with E-state index in [0.29, 0.717) is 0 Å². The molecule has 0 aromatic heterocycles. The van der Waals surface area contributed by atoms with Gasteiger partial charge in [0, 0.05) is 5.56 Å². The molecule has 92 valence electrons. The van der Waals surface area contributed by atoms with E-state index in [2.05, 4.69) is 11.3 Å². The Balaban J connectivity index is 3.09. The van der Waals surface area contributed by atoms with Gasteiger partial charge < -0.3 is 4.74 Å². The molecule has 0 radical (unpaired) electrons. The van der Waals surface area contributed by atoms with E-state index < -0.39 is 28.7 Å². The van der Waals surface area contributed by atoms with Gasteiger partial charge >= 0.3 is 5.97 Å². The van der Waals surface area contributed by atoms with Crippen molar-refractivity contribution in [3.8, 4) is 6.07 Å². The summed E-state index contributed by atoms with van der Waals surface area (Å²) in [6.45, 7) is 3.24. The zero-order valence-electron chi connectivity index (χ0n) is 9.32. The molecule has 0 unspecified atom stereocenters. The predicted octanol–water partition coefficient (Wildman–Crippen LogP) is 2.60. The Hall–Kier alpha value is -2.48. The molecule has 1 aromatic carbocycles. The molecule has 0 aliphatic heterocycles. The number of rotatable bonds is 4. The summed E-state index contributed by atoms with van der Waals surface area (Å²) in [7, 11) is 0. The van der Waals surface area contributed by atoms with Gasteiger partial charge in [0.25, 0.3) is 0 Å². The van der Waals surface area contributed by atoms with E-state index >= 15 is 0 Å². The van der Waals surface area contributed by atoms with E-state index in [-0.39, 0.29) is 6.61 Å². The highest BCUT2D eigenvalue weighted by Crippen LogP contribution is 2.16. The van der Waals surface area contributed by atoms with Crippen molar-refractivity contribution in [1.82, 2.24) is 0 Å². The van der Waals surface area contributed by atoms with Gasteiger partial charge in [-0.3, -0.25) is 0 Å². The van der Waals surface area contributed by atoms with Crippen LogP contribution in [0.4, 0.5) is 8.78 Å². The standard InChI is InChI=1S/C13H9F2NO2/c1-2-6-18-13(17)9(8-16)7-10-11(14)4-3-5-12(10)15/h2-5,7H,1,6H2. The second kappa shape index (κ2) is 6.30. The minimum atomic E-state index is -0.958. The van der Waals surface area contributed by atoms with Gasteiger partial charge in [-0.05, 0) is 18.2 Å². The van der Waals surface area contributed by atoms with Crippen LogP contribution in [0.25, 0.3) is 6.08 Å². The molecule has 1 rings (SSSR count). The number of halogens is 2. The number of ether oxygens (including phenoxy) is 1. The Kier molecular flexibility index (Phi) is 4.76. The quantitative estimate of drug-likeness (QED) is 0.356. The zero-order chi connectivity index (χ0) is 13.5. The van der Waals surface area contributed by atoms with E-state index in [1.54, 1.807) is 0 Å². The first-order valence-corrected chi connectivity index (χ1v) is 4.94. The predicted molar refractivity (Wildman–Crippen MR) is 61.1 cm³/mol. The van der Waals surface area contributed by atoms with Crippen LogP contribution in [0.3, 0.4) is 0 Å². The van der Waals surface area contributed by atoms with Gasteiger partial charge in [-0.2, -0.15) is 5.26 Å². The SMILES string of the molecule is C=CCOC(=O)C(C#N)=Cc1c(F)cccc1F. The van der Waals surface area contributed by atoms with Crippen LogP contribution in [-0.4, -0.2) is 12.6 Å². The van der Waals surface area contributed by atoms with Crippen molar-refractivity contribution in [2.24, 2.45) is 0 Å². The first-order chi connectivity index (χ1) is 8.60. The molecule has 18 heavy (non-hydrogen) atoms. The van der Waals surface area contributed by atoms with E-state index in [0.717, 1.165) is 18.2 Å². The lowest BCUT2D eigenvalue weighted by Crippen LogP contribution is -2.07. The van der Waals surface area contributed by atoms with Crippen LogP contribution in [-0.2, 0) is 9.53 Å². The normalized spacial score (nSPS) is 10.6. The van der Waals surface area contributed by atoms with Crippen molar-refractivity contribution in [3.63, 3.8) is 0 Å². The van der Waals surface area contributed by atoms with Gasteiger partial charge in [-0.25, -0.2) is 13.6 Å². The topological polar surface area (TPSA) is 50.1 Å². The summed E-state index contributed by atoms with van der Waals surface area (Å²) in [6.07, 6.45) is 2.13. The van der Waals surface area contributed by atoms with Gasteiger partial charge in [0.05, 0.1) is 0 Å². The second-order valence-electron chi connectivity index (χ2n) is 3.19. The zero-order valence-corrected chi connectivity index (χ0v) is 9.32. The lowest BCUT2D eigenvalue weighted by molar-refractivity contribution is -0.137. The first-order valence-electron chi connectivity index (χ1n) is 4.94. The summed E-state index contributed by atoms with van der Waals surface area (Å²) >= 11 is 0. The molecule has 0 aliphatic carbocycles. The van der Waals surface area contributed by atoms with Crippen molar-refractivity contribution in [2.75, 3.05) is 6.61 Å². The number of nitriles is 1. The molecule has 0 atom stereocenters. The van der Waals surface area contributed by atoms with Gasteiger partial charge in [0.1, 0.15) is 29.9 Å². The van der Waals surface area contributed by atoms with E-state index in [4.69, 9.17) is 5.26 Å². The van der Waals surface area contributed by atoms with Crippen LogP contribution < -0.4 is 0 Å². The molecule has 0 bridgehead atoms. The minimum absolute atomic E-state index is 0.0857. The molecule has 0 N–H and O–H groups in total. The number of nitrogens with zero attached hydrogens (tertiary/aromatic N) is 1. The molecule has 0 saturated carbocycles. The molecular weight excluding hydrogens is 240 g/mol. The number of esters is 1. The monoisotopic (exact) mass is 249 g/mol. The van der Waals surface area contributed by atoms with Crippen molar-refractivity contribution in [1.29, 1.82) is 5.26 Å². The largest absolute Gasteiger partial charge is 0.457 e. The minimum Gasteiger partial charge on any atom is -0.457 e. The third-order valence-corrected chi connectivity index (χ3v) is 1.96. The van der Waals surface area contributed by atoms with Crippen LogP contribution in [0.2, 0.25) is 0 Å². The van der Waals surface area contributed by atoms with Crippen molar-refractivity contribution >= 4 is 12.0 Å². The molecule has 0 saturated heterocycles. The summed E-state index contributed by atoms with van der Waals surface area (Å²) in [5.41, 5.74) is -0.939. The van der Waals surface area contributed by atoms with Crippen molar-refractivity contribution < 1.29 is 18.3 Å². The van der Waals surface area contributed by atoms with Crippen LogP contribution in [0.15, 0.2) is 36.4 Å². The Bertz CT molecular complexity index is 524. The summed E-state index contributed by atoms with van der Waals surface area (Å²) in [4.78, 5) is 11.4. The van der Waals surface area contributed by atoms with Gasteiger partial charge in [0.15, 0.2) is 0 Å². The van der Waals surface area contributed by atoms with Gasteiger partial charge in [0.2, 0.25) is 0 Å². The third-order valence-electron chi connectivity index (χ3n) is 1.96. The number of hydrogen-bond acceptors (Lipinski definition) is 3. The number of carbonyl (C=O) groups excluding carboxylic acids is 1. The highest BCUT2D eigenvalue weighted by atomic mass is 19.1. The molecule has 5 heteroatoms. The molecule has 0 fully saturated rings. The van der Waals surface area contributed by atoms with Crippen LogP contribution in [0.5, 0.6) is 0 Å². The molecule has 3 nitrogen and oxygen atoms in total. The molecule has 0 heterocycles. The Morgan fingerprint density at radius 3 is 2.56 bits per heavy atom.